The van der Waals surface area contributed by atoms with E-state index < -0.39 is 5.97 Å². The maximum absolute atomic E-state index is 11.2. The van der Waals surface area contributed by atoms with E-state index in [0.717, 1.165) is 6.54 Å². The molecule has 0 amide bonds. The Morgan fingerprint density at radius 1 is 1.59 bits per heavy atom. The van der Waals surface area contributed by atoms with E-state index in [1.807, 2.05) is 13.8 Å². The van der Waals surface area contributed by atoms with Gasteiger partial charge in [-0.25, -0.2) is 4.79 Å². The van der Waals surface area contributed by atoms with Crippen molar-refractivity contribution in [1.29, 1.82) is 0 Å². The van der Waals surface area contributed by atoms with Gasteiger partial charge in [-0.1, -0.05) is 6.92 Å². The Kier molecular flexibility index (Phi) is 5.18. The van der Waals surface area contributed by atoms with E-state index in [2.05, 4.69) is 9.64 Å². The summed E-state index contributed by atoms with van der Waals surface area (Å²) in [6.45, 7) is 5.46. The second-order valence-electron chi connectivity index (χ2n) is 3.72. The second kappa shape index (κ2) is 6.42. The van der Waals surface area contributed by atoms with Crippen molar-refractivity contribution in [3.8, 4) is 0 Å². The van der Waals surface area contributed by atoms with Crippen molar-refractivity contribution in [3.05, 3.63) is 23.7 Å². The summed E-state index contributed by atoms with van der Waals surface area (Å²) in [5, 5.41) is 8.95. The topological polar surface area (TPSA) is 62.9 Å². The minimum absolute atomic E-state index is 0.0190. The molecule has 1 aromatic heterocycles. The highest BCUT2D eigenvalue weighted by Gasteiger charge is 2.19. The molecule has 17 heavy (non-hydrogen) atoms. The molecule has 1 unspecified atom stereocenters. The van der Waals surface area contributed by atoms with Crippen LogP contribution in [0.15, 0.2) is 16.5 Å². The van der Waals surface area contributed by atoms with E-state index >= 15 is 0 Å². The van der Waals surface area contributed by atoms with Gasteiger partial charge in [0.05, 0.1) is 19.8 Å². The Morgan fingerprint density at radius 2 is 2.29 bits per heavy atom. The molecule has 0 aliphatic carbocycles. The number of carbonyl (C=O) groups is 1. The van der Waals surface area contributed by atoms with E-state index in [1.165, 1.54) is 7.11 Å². The van der Waals surface area contributed by atoms with Crippen LogP contribution >= 0.6 is 0 Å². The van der Waals surface area contributed by atoms with Gasteiger partial charge in [-0.05, 0) is 25.6 Å². The molecule has 0 spiro atoms. The molecule has 1 rings (SSSR count). The van der Waals surface area contributed by atoms with Gasteiger partial charge >= 0.3 is 5.97 Å². The van der Waals surface area contributed by atoms with Crippen LogP contribution < -0.4 is 0 Å². The van der Waals surface area contributed by atoms with Gasteiger partial charge in [0, 0.05) is 6.54 Å². The molecule has 0 saturated carbocycles. The molecule has 96 valence electrons. The van der Waals surface area contributed by atoms with Crippen molar-refractivity contribution in [3.63, 3.8) is 0 Å². The first-order valence-electron chi connectivity index (χ1n) is 5.67. The molecule has 1 atom stereocenters. The molecule has 0 bridgehead atoms. The van der Waals surface area contributed by atoms with Gasteiger partial charge in [0.15, 0.2) is 0 Å². The number of hydrogen-bond acceptors (Lipinski definition) is 5. The number of aliphatic hydroxyl groups is 1. The Morgan fingerprint density at radius 3 is 2.82 bits per heavy atom. The van der Waals surface area contributed by atoms with Gasteiger partial charge in [0.2, 0.25) is 5.76 Å². The summed E-state index contributed by atoms with van der Waals surface area (Å²) in [5.74, 6) is 0.420. The molecule has 1 aromatic rings. The number of hydrogen-bond donors (Lipinski definition) is 1. The Labute approximate surface area is 101 Å². The van der Waals surface area contributed by atoms with Gasteiger partial charge in [0.1, 0.15) is 5.76 Å². The molecule has 5 heteroatoms. The summed E-state index contributed by atoms with van der Waals surface area (Å²) >= 11 is 0. The highest BCUT2D eigenvalue weighted by atomic mass is 16.5. The number of methoxy groups -OCH3 is 1. The monoisotopic (exact) mass is 241 g/mol. The van der Waals surface area contributed by atoms with Crippen LogP contribution in [-0.2, 0) is 4.74 Å². The third-order valence-corrected chi connectivity index (χ3v) is 2.77. The average Bonchev–Trinajstić information content (AvgIpc) is 2.83. The zero-order chi connectivity index (χ0) is 12.8. The SMILES string of the molecule is CCN(CCO)C(C)c1ccc(C(=O)OC)o1. The smallest absolute Gasteiger partial charge is 0.373 e. The van der Waals surface area contributed by atoms with Crippen molar-refractivity contribution < 1.29 is 19.1 Å². The molecule has 0 aromatic carbocycles. The van der Waals surface area contributed by atoms with E-state index in [4.69, 9.17) is 9.52 Å². The number of carbonyl (C=O) groups excluding carboxylic acids is 1. The van der Waals surface area contributed by atoms with Crippen LogP contribution in [0.5, 0.6) is 0 Å². The summed E-state index contributed by atoms with van der Waals surface area (Å²) in [4.78, 5) is 13.3. The standard InChI is InChI=1S/C12H19NO4/c1-4-13(7-8-14)9(2)10-5-6-11(17-10)12(15)16-3/h5-6,9,14H,4,7-8H2,1-3H3. The number of likely N-dealkylation sites (N-methyl/N-ethyl adjacent to an activating group) is 1. The highest BCUT2D eigenvalue weighted by molar-refractivity contribution is 5.86. The molecule has 0 radical (unpaired) electrons. The lowest BCUT2D eigenvalue weighted by molar-refractivity contribution is 0.0558. The molecule has 0 saturated heterocycles. The van der Waals surface area contributed by atoms with Crippen LogP contribution in [0.3, 0.4) is 0 Å². The Balaban J connectivity index is 2.77. The van der Waals surface area contributed by atoms with Crippen LogP contribution in [0.25, 0.3) is 0 Å². The minimum atomic E-state index is -0.478. The van der Waals surface area contributed by atoms with E-state index in [-0.39, 0.29) is 18.4 Å². The fraction of sp³-hybridized carbons (Fsp3) is 0.583. The molecule has 0 aliphatic rings. The van der Waals surface area contributed by atoms with Crippen molar-refractivity contribution >= 4 is 5.97 Å². The summed E-state index contributed by atoms with van der Waals surface area (Å²) in [6, 6.07) is 3.38. The van der Waals surface area contributed by atoms with Gasteiger partial charge in [-0.2, -0.15) is 0 Å². The first kappa shape index (κ1) is 13.7. The average molecular weight is 241 g/mol. The van der Waals surface area contributed by atoms with E-state index in [1.54, 1.807) is 12.1 Å². The molecule has 5 nitrogen and oxygen atoms in total. The maximum Gasteiger partial charge on any atom is 0.373 e. The number of rotatable bonds is 6. The zero-order valence-corrected chi connectivity index (χ0v) is 10.5. The molecule has 1 N–H and O–H groups in total. The lowest BCUT2D eigenvalue weighted by Gasteiger charge is -2.25. The maximum atomic E-state index is 11.2. The van der Waals surface area contributed by atoms with Crippen molar-refractivity contribution in [2.24, 2.45) is 0 Å². The van der Waals surface area contributed by atoms with E-state index in [0.29, 0.717) is 12.3 Å². The number of aliphatic hydroxyl groups excluding tert-OH is 1. The van der Waals surface area contributed by atoms with Crippen LogP contribution in [0.1, 0.15) is 36.2 Å². The van der Waals surface area contributed by atoms with Gasteiger partial charge in [0.25, 0.3) is 0 Å². The molecular formula is C12H19NO4. The van der Waals surface area contributed by atoms with Crippen molar-refractivity contribution in [2.75, 3.05) is 26.8 Å². The summed E-state index contributed by atoms with van der Waals surface area (Å²) < 4.78 is 10.0. The zero-order valence-electron chi connectivity index (χ0n) is 10.5. The number of nitrogens with zero attached hydrogens (tertiary/aromatic N) is 1. The molecule has 0 fully saturated rings. The number of ether oxygens (including phenoxy) is 1. The predicted octanol–water partition coefficient (Wildman–Crippen LogP) is 1.44. The van der Waals surface area contributed by atoms with Crippen LogP contribution in [0.2, 0.25) is 0 Å². The predicted molar refractivity (Wildman–Crippen MR) is 62.8 cm³/mol. The Hall–Kier alpha value is -1.33. The van der Waals surface area contributed by atoms with E-state index in [9.17, 15) is 4.79 Å². The van der Waals surface area contributed by atoms with Crippen molar-refractivity contribution in [1.82, 2.24) is 4.90 Å². The second-order valence-corrected chi connectivity index (χ2v) is 3.72. The third kappa shape index (κ3) is 3.31. The fourth-order valence-electron chi connectivity index (χ4n) is 1.72. The largest absolute Gasteiger partial charge is 0.463 e. The summed E-state index contributed by atoms with van der Waals surface area (Å²) in [6.07, 6.45) is 0. The van der Waals surface area contributed by atoms with Gasteiger partial charge in [-0.3, -0.25) is 4.90 Å². The first-order valence-corrected chi connectivity index (χ1v) is 5.67. The van der Waals surface area contributed by atoms with Crippen LogP contribution in [0, 0.1) is 0 Å². The molecular weight excluding hydrogens is 222 g/mol. The molecule has 1 heterocycles. The molecule has 0 aliphatic heterocycles. The normalized spacial score (nSPS) is 12.8. The first-order chi connectivity index (χ1) is 8.13. The van der Waals surface area contributed by atoms with Crippen LogP contribution in [-0.4, -0.2) is 42.8 Å². The third-order valence-electron chi connectivity index (χ3n) is 2.77. The lowest BCUT2D eigenvalue weighted by atomic mass is 10.2. The number of esters is 1. The lowest BCUT2D eigenvalue weighted by Crippen LogP contribution is -2.29. The summed E-state index contributed by atoms with van der Waals surface area (Å²) in [5.41, 5.74) is 0. The highest BCUT2D eigenvalue weighted by Crippen LogP contribution is 2.22. The van der Waals surface area contributed by atoms with Gasteiger partial charge in [-0.15, -0.1) is 0 Å². The minimum Gasteiger partial charge on any atom is -0.463 e. The quantitative estimate of drug-likeness (QED) is 0.763. The van der Waals surface area contributed by atoms with Crippen LogP contribution in [0.4, 0.5) is 0 Å². The van der Waals surface area contributed by atoms with Crippen molar-refractivity contribution in [2.45, 2.75) is 19.9 Å². The Bertz CT molecular complexity index is 361. The number of furan rings is 1. The summed E-state index contributed by atoms with van der Waals surface area (Å²) in [7, 11) is 1.32. The fourth-order valence-corrected chi connectivity index (χ4v) is 1.72. The van der Waals surface area contributed by atoms with Gasteiger partial charge < -0.3 is 14.3 Å².